The van der Waals surface area contributed by atoms with Gasteiger partial charge in [0, 0.05) is 30.2 Å². The van der Waals surface area contributed by atoms with Crippen LogP contribution in [0.15, 0.2) is 42.5 Å². The Hall–Kier alpha value is -2.24. The molecular formula is C21H24Cl2N2O3. The van der Waals surface area contributed by atoms with Crippen molar-refractivity contribution in [2.75, 3.05) is 25.0 Å². The van der Waals surface area contributed by atoms with Crippen molar-refractivity contribution >= 4 is 40.7 Å². The molecule has 2 aromatic carbocycles. The molecule has 0 aliphatic rings. The lowest BCUT2D eigenvalue weighted by Crippen LogP contribution is -2.34. The molecule has 5 nitrogen and oxygen atoms in total. The van der Waals surface area contributed by atoms with Crippen LogP contribution in [-0.4, -0.2) is 36.4 Å². The fraction of sp³-hybridized carbons (Fsp3) is 0.333. The van der Waals surface area contributed by atoms with Gasteiger partial charge < -0.3 is 15.0 Å². The quantitative estimate of drug-likeness (QED) is 0.630. The minimum atomic E-state index is -0.124. The van der Waals surface area contributed by atoms with Gasteiger partial charge in [-0.25, -0.2) is 0 Å². The van der Waals surface area contributed by atoms with Crippen molar-refractivity contribution in [2.45, 2.75) is 26.7 Å². The molecule has 0 spiro atoms. The number of nitrogens with one attached hydrogen (secondary N) is 1. The highest BCUT2D eigenvalue weighted by Gasteiger charge is 2.12. The van der Waals surface area contributed by atoms with Gasteiger partial charge in [-0.15, -0.1) is 0 Å². The van der Waals surface area contributed by atoms with E-state index in [-0.39, 0.29) is 18.4 Å². The zero-order valence-corrected chi connectivity index (χ0v) is 17.5. The van der Waals surface area contributed by atoms with E-state index in [0.717, 1.165) is 5.56 Å². The first-order chi connectivity index (χ1) is 13.4. The number of nitrogens with zero attached hydrogens (tertiary/aromatic N) is 1. The van der Waals surface area contributed by atoms with E-state index in [1.165, 1.54) is 0 Å². The lowest BCUT2D eigenvalue weighted by Gasteiger charge is -2.19. The molecule has 0 atom stereocenters. The molecule has 0 radical (unpaired) electrons. The number of halogens is 2. The van der Waals surface area contributed by atoms with Crippen molar-refractivity contribution in [1.82, 2.24) is 4.90 Å². The largest absolute Gasteiger partial charge is 0.482 e. The molecule has 0 bridgehead atoms. The standard InChI is InChI=1S/C21H24Cl2N2O3/c1-3-25(4-2)21(27)14-28-19-10-9-17(13-18(19)23)24-20(26)11-8-15-6-5-7-16(22)12-15/h5-7,9-10,12-13H,3-4,8,11,14H2,1-2H3,(H,24,26). The van der Waals surface area contributed by atoms with Crippen LogP contribution in [0.25, 0.3) is 0 Å². The van der Waals surface area contributed by atoms with Crippen molar-refractivity contribution in [2.24, 2.45) is 0 Å². The van der Waals surface area contributed by atoms with Crippen molar-refractivity contribution in [3.63, 3.8) is 0 Å². The van der Waals surface area contributed by atoms with Gasteiger partial charge in [-0.1, -0.05) is 35.3 Å². The summed E-state index contributed by atoms with van der Waals surface area (Å²) in [5.74, 6) is 0.181. The summed E-state index contributed by atoms with van der Waals surface area (Å²) in [6, 6.07) is 12.4. The number of rotatable bonds is 9. The van der Waals surface area contributed by atoms with Gasteiger partial charge in [0.15, 0.2) is 6.61 Å². The molecule has 7 heteroatoms. The first kappa shape index (κ1) is 22.1. The predicted octanol–water partition coefficient (Wildman–Crippen LogP) is 4.81. The highest BCUT2D eigenvalue weighted by Crippen LogP contribution is 2.28. The fourth-order valence-electron chi connectivity index (χ4n) is 2.68. The van der Waals surface area contributed by atoms with Crippen LogP contribution >= 0.6 is 23.2 Å². The summed E-state index contributed by atoms with van der Waals surface area (Å²) >= 11 is 12.2. The molecule has 0 aliphatic carbocycles. The van der Waals surface area contributed by atoms with Gasteiger partial charge in [0.05, 0.1) is 5.02 Å². The number of hydrogen-bond acceptors (Lipinski definition) is 3. The number of aryl methyl sites for hydroxylation is 1. The van der Waals surface area contributed by atoms with Crippen molar-refractivity contribution < 1.29 is 14.3 Å². The average Bonchev–Trinajstić information content (AvgIpc) is 2.67. The second-order valence-corrected chi connectivity index (χ2v) is 7.02. The Balaban J connectivity index is 1.87. The van der Waals surface area contributed by atoms with Gasteiger partial charge >= 0.3 is 0 Å². The summed E-state index contributed by atoms with van der Waals surface area (Å²) in [6.45, 7) is 5.02. The second kappa shape index (κ2) is 10.9. The van der Waals surface area contributed by atoms with E-state index < -0.39 is 0 Å². The van der Waals surface area contributed by atoms with Crippen molar-refractivity contribution in [3.8, 4) is 5.75 Å². The maximum absolute atomic E-state index is 12.2. The number of anilines is 1. The molecule has 2 amide bonds. The molecule has 2 rings (SSSR count). The number of carbonyl (C=O) groups excluding carboxylic acids is 2. The minimum Gasteiger partial charge on any atom is -0.482 e. The summed E-state index contributed by atoms with van der Waals surface area (Å²) in [5.41, 5.74) is 1.57. The van der Waals surface area contributed by atoms with Gasteiger partial charge in [-0.05, 0) is 56.2 Å². The molecule has 0 fully saturated rings. The van der Waals surface area contributed by atoms with E-state index in [1.54, 1.807) is 29.2 Å². The normalized spacial score (nSPS) is 10.4. The molecule has 0 saturated heterocycles. The molecule has 0 aliphatic heterocycles. The number of ether oxygens (including phenoxy) is 1. The Kier molecular flexibility index (Phi) is 8.61. The molecule has 28 heavy (non-hydrogen) atoms. The second-order valence-electron chi connectivity index (χ2n) is 6.18. The van der Waals surface area contributed by atoms with E-state index >= 15 is 0 Å². The van der Waals surface area contributed by atoms with Crippen LogP contribution in [-0.2, 0) is 16.0 Å². The molecule has 0 aromatic heterocycles. The molecular weight excluding hydrogens is 399 g/mol. The Morgan fingerprint density at radius 3 is 2.46 bits per heavy atom. The summed E-state index contributed by atoms with van der Waals surface area (Å²) in [5, 5.41) is 3.79. The van der Waals surface area contributed by atoms with E-state index in [4.69, 9.17) is 27.9 Å². The van der Waals surface area contributed by atoms with Crippen LogP contribution in [0.1, 0.15) is 25.8 Å². The number of carbonyl (C=O) groups is 2. The topological polar surface area (TPSA) is 58.6 Å². The zero-order chi connectivity index (χ0) is 20.5. The predicted molar refractivity (Wildman–Crippen MR) is 113 cm³/mol. The maximum Gasteiger partial charge on any atom is 0.260 e. The third-order valence-electron chi connectivity index (χ3n) is 4.21. The van der Waals surface area contributed by atoms with Crippen LogP contribution in [0.3, 0.4) is 0 Å². The lowest BCUT2D eigenvalue weighted by atomic mass is 10.1. The van der Waals surface area contributed by atoms with E-state index in [9.17, 15) is 9.59 Å². The number of likely N-dealkylation sites (N-methyl/N-ethyl adjacent to an activating group) is 1. The molecule has 2 aromatic rings. The van der Waals surface area contributed by atoms with E-state index in [1.807, 2.05) is 32.0 Å². The fourth-order valence-corrected chi connectivity index (χ4v) is 3.12. The van der Waals surface area contributed by atoms with Crippen molar-refractivity contribution in [3.05, 3.63) is 58.1 Å². The highest BCUT2D eigenvalue weighted by molar-refractivity contribution is 6.32. The number of benzene rings is 2. The first-order valence-electron chi connectivity index (χ1n) is 9.17. The van der Waals surface area contributed by atoms with Crippen LogP contribution in [0.2, 0.25) is 10.0 Å². The average molecular weight is 423 g/mol. The molecule has 0 unspecified atom stereocenters. The Morgan fingerprint density at radius 1 is 1.07 bits per heavy atom. The van der Waals surface area contributed by atoms with Crippen LogP contribution in [0.5, 0.6) is 5.75 Å². The molecule has 0 heterocycles. The zero-order valence-electron chi connectivity index (χ0n) is 16.0. The van der Waals surface area contributed by atoms with Gasteiger partial charge in [0.2, 0.25) is 5.91 Å². The van der Waals surface area contributed by atoms with Crippen LogP contribution in [0.4, 0.5) is 5.69 Å². The molecule has 150 valence electrons. The number of amides is 2. The minimum absolute atomic E-state index is 0.0766. The Bertz CT molecular complexity index is 823. The third-order valence-corrected chi connectivity index (χ3v) is 4.74. The Labute approximate surface area is 175 Å². The van der Waals surface area contributed by atoms with Crippen LogP contribution in [0, 0.1) is 0 Å². The van der Waals surface area contributed by atoms with Gasteiger partial charge in [0.25, 0.3) is 5.91 Å². The van der Waals surface area contributed by atoms with E-state index in [0.29, 0.717) is 47.4 Å². The summed E-state index contributed by atoms with van der Waals surface area (Å²) < 4.78 is 5.51. The lowest BCUT2D eigenvalue weighted by molar-refractivity contribution is -0.133. The smallest absolute Gasteiger partial charge is 0.260 e. The first-order valence-corrected chi connectivity index (χ1v) is 9.93. The molecule has 1 N–H and O–H groups in total. The monoisotopic (exact) mass is 422 g/mol. The maximum atomic E-state index is 12.2. The third kappa shape index (κ3) is 6.73. The van der Waals surface area contributed by atoms with E-state index in [2.05, 4.69) is 5.32 Å². The Morgan fingerprint density at radius 2 is 1.82 bits per heavy atom. The van der Waals surface area contributed by atoms with Gasteiger partial charge in [-0.3, -0.25) is 9.59 Å². The summed E-state index contributed by atoms with van der Waals surface area (Å²) in [7, 11) is 0. The van der Waals surface area contributed by atoms with Gasteiger partial charge in [-0.2, -0.15) is 0 Å². The SMILES string of the molecule is CCN(CC)C(=O)COc1ccc(NC(=O)CCc2cccc(Cl)c2)cc1Cl. The number of hydrogen-bond donors (Lipinski definition) is 1. The summed E-state index contributed by atoms with van der Waals surface area (Å²) in [4.78, 5) is 25.8. The highest BCUT2D eigenvalue weighted by atomic mass is 35.5. The van der Waals surface area contributed by atoms with Crippen LogP contribution < -0.4 is 10.1 Å². The summed E-state index contributed by atoms with van der Waals surface area (Å²) in [6.07, 6.45) is 0.920. The van der Waals surface area contributed by atoms with Gasteiger partial charge in [0.1, 0.15) is 5.75 Å². The molecule has 0 saturated carbocycles. The van der Waals surface area contributed by atoms with Crippen molar-refractivity contribution in [1.29, 1.82) is 0 Å².